The maximum atomic E-state index is 13.4. The predicted molar refractivity (Wildman–Crippen MR) is 128 cm³/mol. The van der Waals surface area contributed by atoms with Gasteiger partial charge in [-0.15, -0.1) is 0 Å². The van der Waals surface area contributed by atoms with Crippen molar-refractivity contribution in [2.24, 2.45) is 0 Å². The number of methoxy groups -OCH3 is 3. The van der Waals surface area contributed by atoms with E-state index in [1.54, 1.807) is 47.4 Å². The summed E-state index contributed by atoms with van der Waals surface area (Å²) in [5.41, 5.74) is 2.57. The summed E-state index contributed by atoms with van der Waals surface area (Å²) in [5.74, 6) is 1.41. The van der Waals surface area contributed by atoms with E-state index in [4.69, 9.17) is 18.7 Å². The van der Waals surface area contributed by atoms with Crippen LogP contribution in [-0.2, 0) is 13.1 Å². The minimum Gasteiger partial charge on any atom is -0.493 e. The predicted octanol–water partition coefficient (Wildman–Crippen LogP) is 5.35. The van der Waals surface area contributed by atoms with Crippen molar-refractivity contribution in [3.05, 3.63) is 95.4 Å². The molecule has 0 atom stereocenters. The molecule has 3 aromatic carbocycles. The quantitative estimate of drug-likeness (QED) is 0.324. The Hall–Kier alpha value is -4.33. The van der Waals surface area contributed by atoms with Crippen molar-refractivity contribution >= 4 is 5.91 Å². The molecule has 35 heavy (non-hydrogen) atoms. The first kappa shape index (κ1) is 23.8. The van der Waals surface area contributed by atoms with Crippen LogP contribution in [0.25, 0.3) is 11.3 Å². The minimum atomic E-state index is -0.332. The van der Waals surface area contributed by atoms with Gasteiger partial charge in [-0.05, 0) is 42.0 Å². The maximum Gasteiger partial charge on any atom is 0.254 e. The van der Waals surface area contributed by atoms with Crippen molar-refractivity contribution in [1.82, 2.24) is 10.1 Å². The smallest absolute Gasteiger partial charge is 0.254 e. The van der Waals surface area contributed by atoms with E-state index >= 15 is 0 Å². The molecule has 1 heterocycles. The third-order valence-electron chi connectivity index (χ3n) is 5.46. The third kappa shape index (κ3) is 5.43. The largest absolute Gasteiger partial charge is 0.493 e. The molecule has 0 unspecified atom stereocenters. The molecule has 0 aliphatic heterocycles. The highest BCUT2D eigenvalue weighted by Gasteiger charge is 2.20. The molecule has 4 aromatic rings. The molecule has 4 rings (SSSR count). The lowest BCUT2D eigenvalue weighted by molar-refractivity contribution is 0.0726. The Morgan fingerprint density at radius 1 is 0.886 bits per heavy atom. The first-order valence-corrected chi connectivity index (χ1v) is 10.9. The van der Waals surface area contributed by atoms with E-state index in [1.165, 1.54) is 33.5 Å². The van der Waals surface area contributed by atoms with Gasteiger partial charge >= 0.3 is 0 Å². The number of halogens is 1. The molecule has 1 aromatic heterocycles. The highest BCUT2D eigenvalue weighted by atomic mass is 19.1. The van der Waals surface area contributed by atoms with E-state index < -0.39 is 0 Å². The Balaban J connectivity index is 1.63. The summed E-state index contributed by atoms with van der Waals surface area (Å²) in [7, 11) is 4.61. The van der Waals surface area contributed by atoms with Gasteiger partial charge in [0.15, 0.2) is 17.3 Å². The van der Waals surface area contributed by atoms with Crippen LogP contribution in [0.2, 0.25) is 0 Å². The Morgan fingerprint density at radius 3 is 2.14 bits per heavy atom. The van der Waals surface area contributed by atoms with E-state index in [-0.39, 0.29) is 24.8 Å². The lowest BCUT2D eigenvalue weighted by atomic mass is 10.1. The molecule has 180 valence electrons. The van der Waals surface area contributed by atoms with Crippen LogP contribution in [0.15, 0.2) is 77.3 Å². The van der Waals surface area contributed by atoms with Crippen LogP contribution < -0.4 is 14.2 Å². The average molecular weight is 477 g/mol. The normalized spacial score (nSPS) is 10.6. The molecule has 0 radical (unpaired) electrons. The van der Waals surface area contributed by atoms with Crippen LogP contribution in [0.4, 0.5) is 4.39 Å². The molecule has 0 fully saturated rings. The zero-order chi connectivity index (χ0) is 24.8. The summed E-state index contributed by atoms with van der Waals surface area (Å²) >= 11 is 0. The van der Waals surface area contributed by atoms with Crippen molar-refractivity contribution in [1.29, 1.82) is 0 Å². The van der Waals surface area contributed by atoms with Crippen molar-refractivity contribution in [3.8, 4) is 28.6 Å². The van der Waals surface area contributed by atoms with Gasteiger partial charge in [-0.1, -0.05) is 35.5 Å². The van der Waals surface area contributed by atoms with E-state index in [1.807, 2.05) is 18.2 Å². The number of carbonyl (C=O) groups is 1. The average Bonchev–Trinajstić information content (AvgIpc) is 3.37. The van der Waals surface area contributed by atoms with Crippen LogP contribution in [0.5, 0.6) is 17.2 Å². The van der Waals surface area contributed by atoms with E-state index in [0.717, 1.165) is 5.56 Å². The van der Waals surface area contributed by atoms with Crippen LogP contribution in [0.1, 0.15) is 21.6 Å². The van der Waals surface area contributed by atoms with Crippen LogP contribution in [-0.4, -0.2) is 37.3 Å². The second-order valence-electron chi connectivity index (χ2n) is 7.75. The van der Waals surface area contributed by atoms with Gasteiger partial charge in [-0.25, -0.2) is 4.39 Å². The zero-order valence-electron chi connectivity index (χ0n) is 19.7. The second kappa shape index (κ2) is 10.7. The number of amides is 1. The molecule has 0 aliphatic carbocycles. The Labute approximate surface area is 202 Å². The Morgan fingerprint density at radius 2 is 1.54 bits per heavy atom. The number of rotatable bonds is 9. The topological polar surface area (TPSA) is 74.0 Å². The molecule has 0 spiro atoms. The van der Waals surface area contributed by atoms with E-state index in [2.05, 4.69) is 5.16 Å². The fourth-order valence-corrected chi connectivity index (χ4v) is 3.71. The van der Waals surface area contributed by atoms with Gasteiger partial charge in [0, 0.05) is 23.7 Å². The van der Waals surface area contributed by atoms with Gasteiger partial charge in [-0.3, -0.25) is 4.79 Å². The van der Waals surface area contributed by atoms with Crippen LogP contribution in [0, 0.1) is 5.82 Å². The number of carbonyl (C=O) groups excluding carboxylic acids is 1. The number of aromatic nitrogens is 1. The standard InChI is InChI=1S/C27H25FN2O5/c1-32-24-13-20(14-25(33-2)26(24)34-3)23-15-22(29-35-23)17-30(16-18-9-11-21(28)12-10-18)27(31)19-7-5-4-6-8-19/h4-15H,16-17H2,1-3H3. The van der Waals surface area contributed by atoms with Gasteiger partial charge in [0.05, 0.1) is 27.9 Å². The first-order chi connectivity index (χ1) is 17.0. The lowest BCUT2D eigenvalue weighted by Crippen LogP contribution is -2.30. The summed E-state index contributed by atoms with van der Waals surface area (Å²) in [6, 6.07) is 20.3. The number of hydrogen-bond acceptors (Lipinski definition) is 6. The molecular weight excluding hydrogens is 451 g/mol. The molecule has 0 saturated carbocycles. The highest BCUT2D eigenvalue weighted by Crippen LogP contribution is 2.41. The molecule has 0 saturated heterocycles. The first-order valence-electron chi connectivity index (χ1n) is 10.9. The molecule has 8 heteroatoms. The zero-order valence-corrected chi connectivity index (χ0v) is 19.7. The molecular formula is C27H25FN2O5. The molecule has 0 bridgehead atoms. The van der Waals surface area contributed by atoms with E-state index in [0.29, 0.717) is 39.8 Å². The summed E-state index contributed by atoms with van der Waals surface area (Å²) in [4.78, 5) is 14.9. The number of hydrogen-bond donors (Lipinski definition) is 0. The molecule has 7 nitrogen and oxygen atoms in total. The summed E-state index contributed by atoms with van der Waals surface area (Å²) in [6.45, 7) is 0.472. The van der Waals surface area contributed by atoms with Crippen molar-refractivity contribution < 1.29 is 27.9 Å². The fourth-order valence-electron chi connectivity index (χ4n) is 3.71. The molecule has 1 amide bonds. The maximum absolute atomic E-state index is 13.4. The SMILES string of the molecule is COc1cc(-c2cc(CN(Cc3ccc(F)cc3)C(=O)c3ccccc3)no2)cc(OC)c1OC. The highest BCUT2D eigenvalue weighted by molar-refractivity contribution is 5.94. The van der Waals surface area contributed by atoms with Crippen molar-refractivity contribution in [2.45, 2.75) is 13.1 Å². The van der Waals surface area contributed by atoms with Crippen molar-refractivity contribution in [3.63, 3.8) is 0 Å². The van der Waals surface area contributed by atoms with Gasteiger partial charge in [0.1, 0.15) is 11.5 Å². The monoisotopic (exact) mass is 476 g/mol. The van der Waals surface area contributed by atoms with Crippen molar-refractivity contribution in [2.75, 3.05) is 21.3 Å². The van der Waals surface area contributed by atoms with Gasteiger partial charge in [-0.2, -0.15) is 0 Å². The number of benzene rings is 3. The third-order valence-corrected chi connectivity index (χ3v) is 5.46. The summed E-state index contributed by atoms with van der Waals surface area (Å²) < 4.78 is 35.2. The Bertz CT molecular complexity index is 1260. The fraction of sp³-hybridized carbons (Fsp3) is 0.185. The molecule has 0 N–H and O–H groups in total. The van der Waals surface area contributed by atoms with Crippen LogP contribution >= 0.6 is 0 Å². The van der Waals surface area contributed by atoms with E-state index in [9.17, 15) is 9.18 Å². The lowest BCUT2D eigenvalue weighted by Gasteiger charge is -2.22. The summed E-state index contributed by atoms with van der Waals surface area (Å²) in [6.07, 6.45) is 0. The second-order valence-corrected chi connectivity index (χ2v) is 7.75. The minimum absolute atomic E-state index is 0.174. The Kier molecular flexibility index (Phi) is 7.30. The number of ether oxygens (including phenoxy) is 3. The molecule has 0 aliphatic rings. The van der Waals surface area contributed by atoms with Gasteiger partial charge in [0.25, 0.3) is 5.91 Å². The van der Waals surface area contributed by atoms with Gasteiger partial charge < -0.3 is 23.6 Å². The summed E-state index contributed by atoms with van der Waals surface area (Å²) in [5, 5.41) is 4.18. The van der Waals surface area contributed by atoms with Crippen LogP contribution in [0.3, 0.4) is 0 Å². The van der Waals surface area contributed by atoms with Gasteiger partial charge in [0.2, 0.25) is 5.75 Å². The number of nitrogens with zero attached hydrogens (tertiary/aromatic N) is 2.